The highest BCUT2D eigenvalue weighted by Crippen LogP contribution is 2.37. The van der Waals surface area contributed by atoms with Gasteiger partial charge in [-0.3, -0.25) is 4.79 Å². The number of methoxy groups -OCH3 is 2. The fourth-order valence-electron chi connectivity index (χ4n) is 3.72. The van der Waals surface area contributed by atoms with Crippen molar-refractivity contribution in [3.63, 3.8) is 0 Å². The first-order valence-corrected chi connectivity index (χ1v) is 10.1. The largest absolute Gasteiger partial charge is 0.493 e. The van der Waals surface area contributed by atoms with E-state index < -0.39 is 13.2 Å². The van der Waals surface area contributed by atoms with Crippen molar-refractivity contribution < 1.29 is 41.3 Å². The lowest BCUT2D eigenvalue weighted by molar-refractivity contribution is -0.126. The molecular weight excluding hydrogens is 446 g/mol. The Bertz CT molecular complexity index is 999. The van der Waals surface area contributed by atoms with Crippen LogP contribution in [0.3, 0.4) is 0 Å². The van der Waals surface area contributed by atoms with Crippen molar-refractivity contribution >= 4 is 12.0 Å². The molecule has 0 aromatic heterocycles. The highest BCUT2D eigenvalue weighted by atomic mass is 19.3. The first-order chi connectivity index (χ1) is 15.8. The second kappa shape index (κ2) is 10.9. The van der Waals surface area contributed by atoms with Crippen LogP contribution in [0, 0.1) is 0 Å². The summed E-state index contributed by atoms with van der Waals surface area (Å²) in [5.41, 5.74) is 0.995. The molecule has 0 bridgehead atoms. The van der Waals surface area contributed by atoms with Crippen LogP contribution in [0.4, 0.5) is 17.6 Å². The van der Waals surface area contributed by atoms with Gasteiger partial charge >= 0.3 is 13.2 Å². The summed E-state index contributed by atoms with van der Waals surface area (Å²) in [6, 6.07) is 8.60. The predicted octanol–water partition coefficient (Wildman–Crippen LogP) is 5.28. The van der Waals surface area contributed by atoms with E-state index in [9.17, 15) is 22.4 Å². The lowest BCUT2D eigenvalue weighted by atomic mass is 10.0. The molecule has 0 N–H and O–H groups in total. The van der Waals surface area contributed by atoms with Gasteiger partial charge in [0.1, 0.15) is 11.5 Å². The van der Waals surface area contributed by atoms with Crippen LogP contribution in [-0.4, -0.2) is 44.8 Å². The Morgan fingerprint density at radius 2 is 1.70 bits per heavy atom. The van der Waals surface area contributed by atoms with Gasteiger partial charge in [0.15, 0.2) is 11.5 Å². The number of nitrogens with zero attached hydrogens (tertiary/aromatic N) is 1. The minimum Gasteiger partial charge on any atom is -0.493 e. The number of ether oxygens (including phenoxy) is 4. The van der Waals surface area contributed by atoms with Gasteiger partial charge in [-0.25, -0.2) is 0 Å². The second-order valence-electron chi connectivity index (χ2n) is 7.09. The molecule has 1 amide bonds. The van der Waals surface area contributed by atoms with Crippen LogP contribution in [0.2, 0.25) is 0 Å². The van der Waals surface area contributed by atoms with Crippen molar-refractivity contribution in [3.8, 4) is 23.0 Å². The molecule has 3 rings (SSSR count). The standard InChI is InChI=1S/C23H23F4NO5/c1-30-18-9-6-15(12-20(18)31-2)17-4-3-11-28(17)21(29)10-7-14-5-8-16(32-22(24)25)13-19(14)33-23(26)27/h5-10,12-13,17,22-23H,3-4,11H2,1-2H3/b10-7+. The van der Waals surface area contributed by atoms with Crippen molar-refractivity contribution in [2.45, 2.75) is 32.1 Å². The number of carbonyl (C=O) groups is 1. The van der Waals surface area contributed by atoms with E-state index in [1.165, 1.54) is 38.5 Å². The maximum atomic E-state index is 12.9. The van der Waals surface area contributed by atoms with E-state index in [0.29, 0.717) is 18.0 Å². The number of benzene rings is 2. The van der Waals surface area contributed by atoms with Crippen LogP contribution < -0.4 is 18.9 Å². The summed E-state index contributed by atoms with van der Waals surface area (Å²) in [7, 11) is 3.06. The average molecular weight is 469 g/mol. The van der Waals surface area contributed by atoms with E-state index in [-0.39, 0.29) is 29.0 Å². The molecule has 2 aromatic carbocycles. The molecule has 0 aliphatic carbocycles. The smallest absolute Gasteiger partial charge is 0.387 e. The Morgan fingerprint density at radius 1 is 0.970 bits per heavy atom. The van der Waals surface area contributed by atoms with Crippen LogP contribution in [-0.2, 0) is 4.79 Å². The van der Waals surface area contributed by atoms with Gasteiger partial charge in [-0.1, -0.05) is 6.07 Å². The lowest BCUT2D eigenvalue weighted by Crippen LogP contribution is -2.28. The molecule has 10 heteroatoms. The van der Waals surface area contributed by atoms with E-state index in [1.54, 1.807) is 11.0 Å². The third kappa shape index (κ3) is 6.09. The fourth-order valence-corrected chi connectivity index (χ4v) is 3.72. The lowest BCUT2D eigenvalue weighted by Gasteiger charge is -2.24. The van der Waals surface area contributed by atoms with Crippen LogP contribution in [0.5, 0.6) is 23.0 Å². The highest BCUT2D eigenvalue weighted by Gasteiger charge is 2.29. The Labute approximate surface area is 188 Å². The van der Waals surface area contributed by atoms with Gasteiger partial charge in [-0.05, 0) is 48.7 Å². The first kappa shape index (κ1) is 24.2. The number of alkyl halides is 4. The number of halogens is 4. The number of carbonyl (C=O) groups excluding carboxylic acids is 1. The zero-order valence-corrected chi connectivity index (χ0v) is 18.0. The molecular formula is C23H23F4NO5. The van der Waals surface area contributed by atoms with Crippen molar-refractivity contribution in [3.05, 3.63) is 53.6 Å². The van der Waals surface area contributed by atoms with Crippen LogP contribution in [0.1, 0.15) is 30.0 Å². The van der Waals surface area contributed by atoms with E-state index in [2.05, 4.69) is 9.47 Å². The number of likely N-dealkylation sites (tertiary alicyclic amines) is 1. The molecule has 1 fully saturated rings. The summed E-state index contributed by atoms with van der Waals surface area (Å²) >= 11 is 0. The van der Waals surface area contributed by atoms with Gasteiger partial charge in [0.05, 0.1) is 20.3 Å². The Balaban J connectivity index is 1.80. The maximum Gasteiger partial charge on any atom is 0.387 e. The summed E-state index contributed by atoms with van der Waals surface area (Å²) in [5, 5.41) is 0. The number of hydrogen-bond acceptors (Lipinski definition) is 5. The van der Waals surface area contributed by atoms with Gasteiger partial charge in [0, 0.05) is 24.3 Å². The molecule has 1 unspecified atom stereocenters. The van der Waals surface area contributed by atoms with E-state index in [0.717, 1.165) is 24.5 Å². The molecule has 1 atom stereocenters. The number of hydrogen-bond donors (Lipinski definition) is 0. The van der Waals surface area contributed by atoms with Gasteiger partial charge in [-0.15, -0.1) is 0 Å². The number of amides is 1. The topological polar surface area (TPSA) is 57.2 Å². The van der Waals surface area contributed by atoms with E-state index in [4.69, 9.17) is 9.47 Å². The summed E-state index contributed by atoms with van der Waals surface area (Å²) < 4.78 is 69.6. The normalized spacial score (nSPS) is 16.0. The average Bonchev–Trinajstić information content (AvgIpc) is 3.27. The molecule has 0 radical (unpaired) electrons. The fraction of sp³-hybridized carbons (Fsp3) is 0.348. The minimum atomic E-state index is -3.18. The molecule has 0 saturated carbocycles. The van der Waals surface area contributed by atoms with Crippen molar-refractivity contribution in [2.75, 3.05) is 20.8 Å². The van der Waals surface area contributed by atoms with E-state index >= 15 is 0 Å². The van der Waals surface area contributed by atoms with Crippen molar-refractivity contribution in [1.82, 2.24) is 4.90 Å². The zero-order chi connectivity index (χ0) is 24.0. The quantitative estimate of drug-likeness (QED) is 0.369. The van der Waals surface area contributed by atoms with Gasteiger partial charge in [0.2, 0.25) is 5.91 Å². The second-order valence-corrected chi connectivity index (χ2v) is 7.09. The molecule has 1 aliphatic heterocycles. The molecule has 1 saturated heterocycles. The monoisotopic (exact) mass is 469 g/mol. The molecule has 6 nitrogen and oxygen atoms in total. The molecule has 1 heterocycles. The predicted molar refractivity (Wildman–Crippen MR) is 112 cm³/mol. The summed E-state index contributed by atoms with van der Waals surface area (Å²) in [6.07, 6.45) is 4.07. The molecule has 178 valence electrons. The van der Waals surface area contributed by atoms with Crippen molar-refractivity contribution in [2.24, 2.45) is 0 Å². The van der Waals surface area contributed by atoms with Crippen LogP contribution >= 0.6 is 0 Å². The van der Waals surface area contributed by atoms with Crippen molar-refractivity contribution in [1.29, 1.82) is 0 Å². The molecule has 1 aliphatic rings. The van der Waals surface area contributed by atoms with Gasteiger partial charge in [-0.2, -0.15) is 17.6 Å². The maximum absolute atomic E-state index is 12.9. The minimum absolute atomic E-state index is 0.118. The molecule has 0 spiro atoms. The first-order valence-electron chi connectivity index (χ1n) is 10.1. The van der Waals surface area contributed by atoms with Gasteiger partial charge < -0.3 is 23.8 Å². The SMILES string of the molecule is COc1ccc(C2CCCN2C(=O)/C=C/c2ccc(OC(F)F)cc2OC(F)F)cc1OC. The summed E-state index contributed by atoms with van der Waals surface area (Å²) in [6.45, 7) is -5.78. The molecule has 33 heavy (non-hydrogen) atoms. The Kier molecular flexibility index (Phi) is 8.02. The third-order valence-corrected chi connectivity index (χ3v) is 5.16. The summed E-state index contributed by atoms with van der Waals surface area (Å²) in [5.74, 6) is 0.0676. The van der Waals surface area contributed by atoms with Gasteiger partial charge in [0.25, 0.3) is 0 Å². The Hall–Kier alpha value is -3.43. The Morgan fingerprint density at radius 3 is 2.36 bits per heavy atom. The van der Waals surface area contributed by atoms with E-state index in [1.807, 2.05) is 12.1 Å². The molecule has 2 aromatic rings. The zero-order valence-electron chi connectivity index (χ0n) is 18.0. The third-order valence-electron chi connectivity index (χ3n) is 5.16. The number of rotatable bonds is 9. The van der Waals surface area contributed by atoms with Crippen LogP contribution in [0.25, 0.3) is 6.08 Å². The summed E-state index contributed by atoms with van der Waals surface area (Å²) in [4.78, 5) is 14.6. The van der Waals surface area contributed by atoms with Crippen LogP contribution in [0.15, 0.2) is 42.5 Å². The highest BCUT2D eigenvalue weighted by molar-refractivity contribution is 5.92.